The van der Waals surface area contributed by atoms with Crippen LogP contribution in [0.1, 0.15) is 22.2 Å². The van der Waals surface area contributed by atoms with Crippen LogP contribution in [-0.2, 0) is 11.4 Å². The van der Waals surface area contributed by atoms with Gasteiger partial charge in [-0.05, 0) is 36.4 Å². The number of nitrogens with zero attached hydrogens (tertiary/aromatic N) is 3. The highest BCUT2D eigenvalue weighted by atomic mass is 32.1. The highest BCUT2D eigenvalue weighted by Crippen LogP contribution is 2.44. The van der Waals surface area contributed by atoms with Gasteiger partial charge in [0.05, 0.1) is 10.6 Å². The summed E-state index contributed by atoms with van der Waals surface area (Å²) in [5.74, 6) is -1.02. The summed E-state index contributed by atoms with van der Waals surface area (Å²) in [5.41, 5.74) is 2.85. The standard InChI is InChI=1S/C25H23F2N3O3S/c1-15(31)29-7-9-30(10-8-29)18-4-6-22-19(13-18)24-16(14-33-22)11-23(34-24)25(32)28(2)21-5-3-17(26)12-20(21)27/h3-6,11-13H,7-10,14H2,1-2H3. The minimum Gasteiger partial charge on any atom is -0.488 e. The largest absolute Gasteiger partial charge is 0.488 e. The Bertz CT molecular complexity index is 1280. The topological polar surface area (TPSA) is 53.1 Å². The van der Waals surface area contributed by atoms with Gasteiger partial charge in [-0.25, -0.2) is 8.78 Å². The first-order valence-corrected chi connectivity index (χ1v) is 11.8. The van der Waals surface area contributed by atoms with Gasteiger partial charge in [0.15, 0.2) is 0 Å². The number of fused-ring (bicyclic) bond motifs is 3. The van der Waals surface area contributed by atoms with Crippen molar-refractivity contribution in [2.24, 2.45) is 0 Å². The minimum absolute atomic E-state index is 0.0152. The number of hydrogen-bond donors (Lipinski definition) is 0. The van der Waals surface area contributed by atoms with Gasteiger partial charge < -0.3 is 19.4 Å². The second-order valence-electron chi connectivity index (χ2n) is 8.39. The molecule has 3 aromatic rings. The van der Waals surface area contributed by atoms with Gasteiger partial charge in [0.1, 0.15) is 24.0 Å². The number of halogens is 2. The average Bonchev–Trinajstić information content (AvgIpc) is 3.28. The molecule has 1 saturated heterocycles. The summed E-state index contributed by atoms with van der Waals surface area (Å²) in [6, 6.07) is 10.9. The van der Waals surface area contributed by atoms with E-state index in [1.54, 1.807) is 13.0 Å². The predicted molar refractivity (Wildman–Crippen MR) is 128 cm³/mol. The molecule has 0 bridgehead atoms. The van der Waals surface area contributed by atoms with E-state index in [-0.39, 0.29) is 17.5 Å². The predicted octanol–water partition coefficient (Wildman–Crippen LogP) is 4.53. The Hall–Kier alpha value is -3.46. The van der Waals surface area contributed by atoms with E-state index in [1.807, 2.05) is 17.0 Å². The molecule has 6 nitrogen and oxygen atoms in total. The molecular weight excluding hydrogens is 460 g/mol. The van der Waals surface area contributed by atoms with Crippen molar-refractivity contribution in [3.63, 3.8) is 0 Å². The molecule has 2 aliphatic heterocycles. The SMILES string of the molecule is CC(=O)N1CCN(c2ccc3c(c2)-c2sc(C(=O)N(C)c4ccc(F)cc4F)cc2CO3)CC1. The van der Waals surface area contributed by atoms with Gasteiger partial charge in [0.2, 0.25) is 5.91 Å². The van der Waals surface area contributed by atoms with Crippen molar-refractivity contribution in [2.45, 2.75) is 13.5 Å². The molecule has 9 heteroatoms. The molecule has 2 amide bonds. The van der Waals surface area contributed by atoms with E-state index in [9.17, 15) is 18.4 Å². The van der Waals surface area contributed by atoms with E-state index in [4.69, 9.17) is 4.74 Å². The highest BCUT2D eigenvalue weighted by Gasteiger charge is 2.27. The Morgan fingerprint density at radius 2 is 1.79 bits per heavy atom. The number of hydrogen-bond acceptors (Lipinski definition) is 5. The van der Waals surface area contributed by atoms with E-state index in [0.29, 0.717) is 24.6 Å². The molecule has 0 radical (unpaired) electrons. The van der Waals surface area contributed by atoms with Crippen molar-refractivity contribution >= 4 is 34.5 Å². The molecule has 34 heavy (non-hydrogen) atoms. The lowest BCUT2D eigenvalue weighted by Gasteiger charge is -2.36. The zero-order chi connectivity index (χ0) is 24.0. The smallest absolute Gasteiger partial charge is 0.268 e. The molecule has 1 fully saturated rings. The summed E-state index contributed by atoms with van der Waals surface area (Å²) in [4.78, 5) is 31.4. The summed E-state index contributed by atoms with van der Waals surface area (Å²) < 4.78 is 33.4. The van der Waals surface area contributed by atoms with E-state index in [1.165, 1.54) is 29.4 Å². The number of thiophene rings is 1. The summed E-state index contributed by atoms with van der Waals surface area (Å²) in [7, 11) is 1.47. The van der Waals surface area contributed by atoms with E-state index in [2.05, 4.69) is 11.0 Å². The normalized spacial score (nSPS) is 14.8. The van der Waals surface area contributed by atoms with Crippen molar-refractivity contribution in [3.8, 4) is 16.2 Å². The first-order chi connectivity index (χ1) is 16.3. The fraction of sp³-hybridized carbons (Fsp3) is 0.280. The van der Waals surface area contributed by atoms with Crippen molar-refractivity contribution in [3.05, 3.63) is 64.5 Å². The fourth-order valence-electron chi connectivity index (χ4n) is 4.35. The zero-order valence-corrected chi connectivity index (χ0v) is 19.6. The number of anilines is 2. The van der Waals surface area contributed by atoms with Crippen LogP contribution < -0.4 is 14.5 Å². The lowest BCUT2D eigenvalue weighted by Crippen LogP contribution is -2.48. The Kier molecular flexibility index (Phi) is 5.73. The highest BCUT2D eigenvalue weighted by molar-refractivity contribution is 7.17. The molecule has 2 aliphatic rings. The van der Waals surface area contributed by atoms with E-state index >= 15 is 0 Å². The van der Waals surface area contributed by atoms with Crippen molar-refractivity contribution in [1.82, 2.24) is 4.90 Å². The van der Waals surface area contributed by atoms with Crippen LogP contribution in [0.3, 0.4) is 0 Å². The molecule has 176 valence electrons. The van der Waals surface area contributed by atoms with Crippen LogP contribution in [0.15, 0.2) is 42.5 Å². The molecule has 5 rings (SSSR count). The molecule has 1 aromatic heterocycles. The molecule has 2 aromatic carbocycles. The molecular formula is C25H23F2N3O3S. The second kappa shape index (κ2) is 8.72. The van der Waals surface area contributed by atoms with Crippen LogP contribution in [0.4, 0.5) is 20.2 Å². The molecule has 0 spiro atoms. The summed E-state index contributed by atoms with van der Waals surface area (Å²) in [5, 5.41) is 0. The lowest BCUT2D eigenvalue weighted by molar-refractivity contribution is -0.129. The lowest BCUT2D eigenvalue weighted by atomic mass is 10.0. The third kappa shape index (κ3) is 4.00. The maximum Gasteiger partial charge on any atom is 0.268 e. The van der Waals surface area contributed by atoms with Crippen LogP contribution in [0.5, 0.6) is 5.75 Å². The number of carbonyl (C=O) groups excluding carboxylic acids is 2. The van der Waals surface area contributed by atoms with Crippen LogP contribution in [0.25, 0.3) is 10.4 Å². The zero-order valence-electron chi connectivity index (χ0n) is 18.8. The maximum atomic E-state index is 14.2. The fourth-order valence-corrected chi connectivity index (χ4v) is 5.51. The number of amides is 2. The van der Waals surface area contributed by atoms with Crippen molar-refractivity contribution < 1.29 is 23.1 Å². The summed E-state index contributed by atoms with van der Waals surface area (Å²) >= 11 is 1.34. The Labute approximate surface area is 200 Å². The van der Waals surface area contributed by atoms with Gasteiger partial charge in [-0.15, -0.1) is 11.3 Å². The number of piperazine rings is 1. The van der Waals surface area contributed by atoms with Gasteiger partial charge in [-0.1, -0.05) is 0 Å². The van der Waals surface area contributed by atoms with Gasteiger partial charge in [0.25, 0.3) is 5.91 Å². The third-order valence-electron chi connectivity index (χ3n) is 6.28. The molecule has 0 saturated carbocycles. The van der Waals surface area contributed by atoms with Gasteiger partial charge in [0, 0.05) is 67.9 Å². The first kappa shape index (κ1) is 22.3. The number of carbonyl (C=O) groups is 2. The van der Waals surface area contributed by atoms with Gasteiger partial charge in [-0.2, -0.15) is 0 Å². The Balaban J connectivity index is 1.41. The summed E-state index contributed by atoms with van der Waals surface area (Å²) in [6.07, 6.45) is 0. The van der Waals surface area contributed by atoms with E-state index < -0.39 is 11.6 Å². The molecule has 0 atom stereocenters. The van der Waals surface area contributed by atoms with E-state index in [0.717, 1.165) is 52.7 Å². The Morgan fingerprint density at radius 1 is 1.03 bits per heavy atom. The monoisotopic (exact) mass is 483 g/mol. The van der Waals surface area contributed by atoms with Crippen LogP contribution in [-0.4, -0.2) is 49.9 Å². The number of benzene rings is 2. The third-order valence-corrected chi connectivity index (χ3v) is 7.48. The van der Waals surface area contributed by atoms with Gasteiger partial charge >= 0.3 is 0 Å². The van der Waals surface area contributed by atoms with Crippen LogP contribution in [0, 0.1) is 11.6 Å². The maximum absolute atomic E-state index is 14.2. The van der Waals surface area contributed by atoms with Crippen LogP contribution in [0.2, 0.25) is 0 Å². The van der Waals surface area contributed by atoms with Crippen molar-refractivity contribution in [2.75, 3.05) is 43.0 Å². The molecule has 0 aliphatic carbocycles. The minimum atomic E-state index is -0.791. The Morgan fingerprint density at radius 3 is 2.50 bits per heavy atom. The first-order valence-electron chi connectivity index (χ1n) is 11.0. The molecule has 0 unspecified atom stereocenters. The van der Waals surface area contributed by atoms with Crippen molar-refractivity contribution in [1.29, 1.82) is 0 Å². The number of ether oxygens (including phenoxy) is 1. The number of rotatable bonds is 3. The quantitative estimate of drug-likeness (QED) is 0.549. The summed E-state index contributed by atoms with van der Waals surface area (Å²) in [6.45, 7) is 4.78. The molecule has 0 N–H and O–H groups in total. The molecule has 3 heterocycles. The van der Waals surface area contributed by atoms with Gasteiger partial charge in [-0.3, -0.25) is 9.59 Å². The second-order valence-corrected chi connectivity index (χ2v) is 9.44. The van der Waals surface area contributed by atoms with Crippen LogP contribution >= 0.6 is 11.3 Å². The average molecular weight is 484 g/mol.